The molecule has 1 fully saturated rings. The molecule has 0 unspecified atom stereocenters. The van der Waals surface area contributed by atoms with Crippen LogP contribution in [0, 0.1) is 6.92 Å². The second-order valence-corrected chi connectivity index (χ2v) is 4.00. The molecule has 0 bridgehead atoms. The lowest BCUT2D eigenvalue weighted by Gasteiger charge is -2.33. The molecule has 3 heterocycles. The minimum Gasteiger partial charge on any atom is -0.479 e. The second kappa shape index (κ2) is 3.37. The molecule has 1 aliphatic rings. The van der Waals surface area contributed by atoms with Crippen molar-refractivity contribution in [2.75, 3.05) is 25.1 Å². The number of hydrogen-bond acceptors (Lipinski definition) is 4. The van der Waals surface area contributed by atoms with Crippen molar-refractivity contribution in [3.63, 3.8) is 0 Å². The maximum absolute atomic E-state index is 5.45. The van der Waals surface area contributed by atoms with Crippen molar-refractivity contribution in [1.29, 1.82) is 0 Å². The molecule has 0 aliphatic carbocycles. The molecule has 0 atom stereocenters. The molecule has 16 heavy (non-hydrogen) atoms. The van der Waals surface area contributed by atoms with Gasteiger partial charge in [-0.3, -0.25) is 0 Å². The van der Waals surface area contributed by atoms with Crippen LogP contribution >= 0.6 is 0 Å². The molecule has 5 nitrogen and oxygen atoms in total. The number of nitrogens with zero attached hydrogens (tertiary/aromatic N) is 4. The van der Waals surface area contributed by atoms with Gasteiger partial charge in [0.25, 0.3) is 0 Å². The zero-order chi connectivity index (χ0) is 11.1. The molecule has 1 saturated heterocycles. The van der Waals surface area contributed by atoms with E-state index in [0.29, 0.717) is 0 Å². The van der Waals surface area contributed by atoms with Gasteiger partial charge in [0, 0.05) is 13.1 Å². The van der Waals surface area contributed by atoms with E-state index < -0.39 is 0 Å². The van der Waals surface area contributed by atoms with Crippen molar-refractivity contribution in [1.82, 2.24) is 14.6 Å². The van der Waals surface area contributed by atoms with Gasteiger partial charge < -0.3 is 9.64 Å². The zero-order valence-corrected chi connectivity index (χ0v) is 9.47. The van der Waals surface area contributed by atoms with Gasteiger partial charge >= 0.3 is 0 Å². The van der Waals surface area contributed by atoms with E-state index in [4.69, 9.17) is 4.74 Å². The van der Waals surface area contributed by atoms with E-state index in [9.17, 15) is 0 Å². The third-order valence-corrected chi connectivity index (χ3v) is 2.93. The molecule has 0 spiro atoms. The van der Waals surface area contributed by atoms with Crippen molar-refractivity contribution in [3.05, 3.63) is 18.0 Å². The summed E-state index contributed by atoms with van der Waals surface area (Å²) in [6, 6.07) is 4.04. The van der Waals surface area contributed by atoms with Gasteiger partial charge in [0.05, 0.1) is 7.11 Å². The summed E-state index contributed by atoms with van der Waals surface area (Å²) in [6.07, 6.45) is 1.25. The fourth-order valence-electron chi connectivity index (χ4n) is 2.01. The van der Waals surface area contributed by atoms with Gasteiger partial charge in [0.1, 0.15) is 11.5 Å². The highest BCUT2D eigenvalue weighted by Crippen LogP contribution is 2.31. The molecule has 3 rings (SSSR count). The number of anilines is 1. The minimum atomic E-state index is 0.763. The normalized spacial score (nSPS) is 15.2. The van der Waals surface area contributed by atoms with Gasteiger partial charge in [-0.1, -0.05) is 0 Å². The van der Waals surface area contributed by atoms with Crippen LogP contribution in [-0.2, 0) is 0 Å². The second-order valence-electron chi connectivity index (χ2n) is 4.00. The van der Waals surface area contributed by atoms with Gasteiger partial charge in [0.15, 0.2) is 5.65 Å². The first-order valence-electron chi connectivity index (χ1n) is 5.45. The first-order valence-corrected chi connectivity index (χ1v) is 5.45. The predicted molar refractivity (Wildman–Crippen MR) is 61.1 cm³/mol. The van der Waals surface area contributed by atoms with Crippen LogP contribution in [0.25, 0.3) is 5.65 Å². The molecule has 0 N–H and O–H groups in total. The van der Waals surface area contributed by atoms with Crippen molar-refractivity contribution in [3.8, 4) is 5.88 Å². The Hall–Kier alpha value is -1.78. The van der Waals surface area contributed by atoms with E-state index in [1.165, 1.54) is 6.42 Å². The van der Waals surface area contributed by atoms with Gasteiger partial charge in [-0.25, -0.2) is 4.98 Å². The van der Waals surface area contributed by atoms with Crippen molar-refractivity contribution in [2.45, 2.75) is 13.3 Å². The van der Waals surface area contributed by atoms with Crippen LogP contribution in [0.5, 0.6) is 5.88 Å². The maximum Gasteiger partial charge on any atom is 0.240 e. The average Bonchev–Trinajstić information content (AvgIpc) is 2.55. The van der Waals surface area contributed by atoms with Crippen molar-refractivity contribution in [2.24, 2.45) is 0 Å². The molecule has 5 heteroatoms. The summed E-state index contributed by atoms with van der Waals surface area (Å²) < 4.78 is 7.21. The summed E-state index contributed by atoms with van der Waals surface area (Å²) >= 11 is 0. The van der Waals surface area contributed by atoms with Gasteiger partial charge in [-0.2, -0.15) is 4.52 Å². The molecule has 1 aliphatic heterocycles. The van der Waals surface area contributed by atoms with Crippen LogP contribution in [0.3, 0.4) is 0 Å². The Morgan fingerprint density at radius 1 is 1.31 bits per heavy atom. The summed E-state index contributed by atoms with van der Waals surface area (Å²) in [5.74, 6) is 1.54. The number of fused-ring (bicyclic) bond motifs is 1. The Balaban J connectivity index is 2.20. The number of rotatable bonds is 2. The third-order valence-electron chi connectivity index (χ3n) is 2.93. The summed E-state index contributed by atoms with van der Waals surface area (Å²) in [5.41, 5.74) is 1.93. The van der Waals surface area contributed by atoms with Gasteiger partial charge in [-0.05, 0) is 25.5 Å². The molecule has 84 valence electrons. The topological polar surface area (TPSA) is 42.7 Å². The Morgan fingerprint density at radius 2 is 2.12 bits per heavy atom. The standard InChI is InChI=1S/C11H14N4O/c1-8-12-10-5-4-9(14-6-3-7-14)11(16-2)15(10)13-8/h4-5H,3,6-7H2,1-2H3. The number of methoxy groups -OCH3 is 1. The van der Waals surface area contributed by atoms with Crippen LogP contribution in [0.4, 0.5) is 5.69 Å². The number of aromatic nitrogens is 3. The number of pyridine rings is 1. The molecular weight excluding hydrogens is 204 g/mol. The highest BCUT2D eigenvalue weighted by atomic mass is 16.5. The fraction of sp³-hybridized carbons (Fsp3) is 0.455. The molecule has 0 aromatic carbocycles. The Morgan fingerprint density at radius 3 is 2.75 bits per heavy atom. The molecule has 0 amide bonds. The third kappa shape index (κ3) is 1.24. The fourth-order valence-corrected chi connectivity index (χ4v) is 2.01. The highest BCUT2D eigenvalue weighted by Gasteiger charge is 2.21. The monoisotopic (exact) mass is 218 g/mol. The predicted octanol–water partition coefficient (Wildman–Crippen LogP) is 1.26. The van der Waals surface area contributed by atoms with Crippen LogP contribution in [0.1, 0.15) is 12.2 Å². The van der Waals surface area contributed by atoms with E-state index in [0.717, 1.165) is 36.1 Å². The molecule has 2 aromatic rings. The average molecular weight is 218 g/mol. The van der Waals surface area contributed by atoms with Gasteiger partial charge in [-0.15, -0.1) is 5.10 Å². The van der Waals surface area contributed by atoms with E-state index in [2.05, 4.69) is 21.0 Å². The SMILES string of the molecule is COc1c(N2CCC2)ccc2nc(C)nn12. The van der Waals surface area contributed by atoms with Crippen LogP contribution in [0.2, 0.25) is 0 Å². The summed E-state index contributed by atoms with van der Waals surface area (Å²) in [5, 5.41) is 4.34. The quantitative estimate of drug-likeness (QED) is 0.761. The molecule has 0 saturated carbocycles. The van der Waals surface area contributed by atoms with Crippen molar-refractivity contribution < 1.29 is 4.74 Å². The summed E-state index contributed by atoms with van der Waals surface area (Å²) in [6.45, 7) is 4.07. The van der Waals surface area contributed by atoms with E-state index >= 15 is 0 Å². The largest absolute Gasteiger partial charge is 0.479 e. The maximum atomic E-state index is 5.45. The van der Waals surface area contributed by atoms with E-state index in [1.54, 1.807) is 11.6 Å². The summed E-state index contributed by atoms with van der Waals surface area (Å²) in [7, 11) is 1.68. The smallest absolute Gasteiger partial charge is 0.240 e. The van der Waals surface area contributed by atoms with Crippen LogP contribution in [-0.4, -0.2) is 34.8 Å². The van der Waals surface area contributed by atoms with Crippen LogP contribution < -0.4 is 9.64 Å². The minimum absolute atomic E-state index is 0.763. The lowest BCUT2D eigenvalue weighted by atomic mass is 10.2. The number of ether oxygens (including phenoxy) is 1. The molecular formula is C11H14N4O. The van der Waals surface area contributed by atoms with Crippen molar-refractivity contribution >= 4 is 11.3 Å². The Kier molecular flexibility index (Phi) is 1.99. The Bertz CT molecular complexity index is 530. The molecule has 0 radical (unpaired) electrons. The summed E-state index contributed by atoms with van der Waals surface area (Å²) in [4.78, 5) is 6.61. The van der Waals surface area contributed by atoms with Gasteiger partial charge in [0.2, 0.25) is 5.88 Å². The number of hydrogen-bond donors (Lipinski definition) is 0. The molecule has 2 aromatic heterocycles. The Labute approximate surface area is 93.6 Å². The lowest BCUT2D eigenvalue weighted by Crippen LogP contribution is -2.37. The lowest BCUT2D eigenvalue weighted by molar-refractivity contribution is 0.383. The van der Waals surface area contributed by atoms with Crippen LogP contribution in [0.15, 0.2) is 12.1 Å². The number of aryl methyl sites for hydroxylation is 1. The first kappa shape index (κ1) is 9.45. The highest BCUT2D eigenvalue weighted by molar-refractivity contribution is 5.61. The zero-order valence-electron chi connectivity index (χ0n) is 9.47. The van der Waals surface area contributed by atoms with E-state index in [1.807, 2.05) is 13.0 Å². The van der Waals surface area contributed by atoms with E-state index in [-0.39, 0.29) is 0 Å². The first-order chi connectivity index (χ1) is 7.79.